The number of carbonyl (C=O) groups is 1. The summed E-state index contributed by atoms with van der Waals surface area (Å²) in [6.45, 7) is 8.38. The molecule has 4 heteroatoms. The molecule has 0 atom stereocenters. The number of amides is 1. The van der Waals surface area contributed by atoms with Crippen LogP contribution in [0.15, 0.2) is 0 Å². The molecule has 15 heavy (non-hydrogen) atoms. The van der Waals surface area contributed by atoms with E-state index in [1.165, 1.54) is 0 Å². The average Bonchev–Trinajstić information content (AvgIpc) is 2.00. The van der Waals surface area contributed by atoms with Crippen molar-refractivity contribution in [2.24, 2.45) is 0 Å². The van der Waals surface area contributed by atoms with Crippen LogP contribution in [0.25, 0.3) is 0 Å². The van der Waals surface area contributed by atoms with Gasteiger partial charge < -0.3 is 10.6 Å². The Morgan fingerprint density at radius 3 is 2.40 bits per heavy atom. The van der Waals surface area contributed by atoms with E-state index in [-0.39, 0.29) is 11.4 Å². The van der Waals surface area contributed by atoms with Crippen molar-refractivity contribution in [2.45, 2.75) is 32.7 Å². The van der Waals surface area contributed by atoms with Crippen molar-refractivity contribution in [3.63, 3.8) is 0 Å². The molecule has 0 aliphatic heterocycles. The predicted molar refractivity (Wildman–Crippen MR) is 63.9 cm³/mol. The molecule has 0 fully saturated rings. The predicted octanol–water partition coefficient (Wildman–Crippen LogP) is 0.442. The first kappa shape index (κ1) is 14.4. The third-order valence-electron chi connectivity index (χ3n) is 1.89. The minimum atomic E-state index is -0.136. The van der Waals surface area contributed by atoms with Gasteiger partial charge in [0.05, 0.1) is 6.54 Å². The van der Waals surface area contributed by atoms with Crippen molar-refractivity contribution in [1.29, 1.82) is 0 Å². The molecule has 0 saturated carbocycles. The maximum Gasteiger partial charge on any atom is 0.234 e. The number of nitrogens with zero attached hydrogens (tertiary/aromatic N) is 1. The molecule has 90 valence electrons. The van der Waals surface area contributed by atoms with E-state index in [1.54, 1.807) is 0 Å². The Labute approximate surface area is 93.4 Å². The maximum atomic E-state index is 11.5. The molecule has 0 unspecified atom stereocenters. The lowest BCUT2D eigenvalue weighted by atomic mass is 10.1. The summed E-state index contributed by atoms with van der Waals surface area (Å²) in [4.78, 5) is 13.6. The van der Waals surface area contributed by atoms with Crippen LogP contribution in [0, 0.1) is 0 Å². The molecule has 2 N–H and O–H groups in total. The Morgan fingerprint density at radius 2 is 1.93 bits per heavy atom. The van der Waals surface area contributed by atoms with Crippen LogP contribution >= 0.6 is 0 Å². The lowest BCUT2D eigenvalue weighted by Gasteiger charge is -2.23. The number of hydrogen-bond donors (Lipinski definition) is 2. The summed E-state index contributed by atoms with van der Waals surface area (Å²) >= 11 is 0. The van der Waals surface area contributed by atoms with Crippen molar-refractivity contribution in [3.05, 3.63) is 0 Å². The summed E-state index contributed by atoms with van der Waals surface area (Å²) in [5.41, 5.74) is -0.136. The quantitative estimate of drug-likeness (QED) is 0.632. The van der Waals surface area contributed by atoms with Gasteiger partial charge in [0.15, 0.2) is 0 Å². The van der Waals surface area contributed by atoms with Gasteiger partial charge >= 0.3 is 0 Å². The number of carbonyl (C=O) groups excluding carboxylic acids is 1. The van der Waals surface area contributed by atoms with E-state index in [0.717, 1.165) is 19.5 Å². The smallest absolute Gasteiger partial charge is 0.234 e. The average molecular weight is 215 g/mol. The van der Waals surface area contributed by atoms with E-state index in [0.29, 0.717) is 6.54 Å². The monoisotopic (exact) mass is 215 g/mol. The highest BCUT2D eigenvalue weighted by atomic mass is 16.2. The van der Waals surface area contributed by atoms with Crippen molar-refractivity contribution in [1.82, 2.24) is 15.5 Å². The molecular weight excluding hydrogens is 190 g/mol. The molecule has 0 spiro atoms. The van der Waals surface area contributed by atoms with Gasteiger partial charge in [0.2, 0.25) is 5.91 Å². The van der Waals surface area contributed by atoms with Crippen LogP contribution < -0.4 is 10.6 Å². The summed E-state index contributed by atoms with van der Waals surface area (Å²) in [5, 5.41) is 6.03. The Morgan fingerprint density at radius 1 is 1.33 bits per heavy atom. The first-order valence-electron chi connectivity index (χ1n) is 5.49. The molecule has 0 radical (unpaired) electrons. The van der Waals surface area contributed by atoms with Crippen molar-refractivity contribution in [2.75, 3.05) is 33.7 Å². The molecule has 4 nitrogen and oxygen atoms in total. The fourth-order valence-electron chi connectivity index (χ4n) is 1.31. The van der Waals surface area contributed by atoms with Gasteiger partial charge in [-0.25, -0.2) is 0 Å². The number of rotatable bonds is 6. The highest BCUT2D eigenvalue weighted by molar-refractivity contribution is 5.78. The first-order chi connectivity index (χ1) is 6.85. The Kier molecular flexibility index (Phi) is 6.52. The molecular formula is C11H25N3O. The van der Waals surface area contributed by atoms with Gasteiger partial charge in [-0.2, -0.15) is 0 Å². The Bertz CT molecular complexity index is 187. The Hall–Kier alpha value is -0.610. The molecule has 0 aromatic carbocycles. The normalized spacial score (nSPS) is 11.9. The van der Waals surface area contributed by atoms with E-state index < -0.39 is 0 Å². The van der Waals surface area contributed by atoms with Crippen LogP contribution in [0.2, 0.25) is 0 Å². The summed E-state index contributed by atoms with van der Waals surface area (Å²) in [6.07, 6.45) is 1.07. The molecule has 0 rings (SSSR count). The summed E-state index contributed by atoms with van der Waals surface area (Å²) in [7, 11) is 3.91. The largest absolute Gasteiger partial charge is 0.350 e. The standard InChI is InChI=1S/C11H25N3O/c1-11(2,3)13-10(15)9-14(5)8-6-7-12-4/h12H,6-9H2,1-5H3,(H,13,15). The van der Waals surface area contributed by atoms with E-state index in [9.17, 15) is 4.79 Å². The van der Waals surface area contributed by atoms with Crippen LogP contribution in [-0.4, -0.2) is 50.1 Å². The van der Waals surface area contributed by atoms with Gasteiger partial charge in [-0.1, -0.05) is 0 Å². The lowest BCUT2D eigenvalue weighted by Crippen LogP contribution is -2.45. The SMILES string of the molecule is CNCCCN(C)CC(=O)NC(C)(C)C. The van der Waals surface area contributed by atoms with E-state index in [4.69, 9.17) is 0 Å². The van der Waals surface area contributed by atoms with Gasteiger partial charge in [-0.05, 0) is 54.4 Å². The third-order valence-corrected chi connectivity index (χ3v) is 1.89. The first-order valence-corrected chi connectivity index (χ1v) is 5.49. The number of hydrogen-bond acceptors (Lipinski definition) is 3. The molecule has 0 aromatic heterocycles. The van der Waals surface area contributed by atoms with Gasteiger partial charge in [0, 0.05) is 5.54 Å². The van der Waals surface area contributed by atoms with E-state index in [1.807, 2.05) is 39.8 Å². The van der Waals surface area contributed by atoms with Crippen LogP contribution in [0.1, 0.15) is 27.2 Å². The van der Waals surface area contributed by atoms with Crippen LogP contribution in [0.5, 0.6) is 0 Å². The zero-order valence-corrected chi connectivity index (χ0v) is 10.7. The van der Waals surface area contributed by atoms with Gasteiger partial charge in [-0.15, -0.1) is 0 Å². The molecule has 1 amide bonds. The highest BCUT2D eigenvalue weighted by Crippen LogP contribution is 1.98. The molecule has 0 saturated heterocycles. The highest BCUT2D eigenvalue weighted by Gasteiger charge is 2.14. The summed E-state index contributed by atoms with van der Waals surface area (Å²) in [5.74, 6) is 0.0921. The second-order valence-electron chi connectivity index (χ2n) is 4.99. The lowest BCUT2D eigenvalue weighted by molar-refractivity contribution is -0.123. The summed E-state index contributed by atoms with van der Waals surface area (Å²) < 4.78 is 0. The minimum Gasteiger partial charge on any atom is -0.350 e. The zero-order chi connectivity index (χ0) is 11.9. The van der Waals surface area contributed by atoms with Gasteiger partial charge in [0.1, 0.15) is 0 Å². The van der Waals surface area contributed by atoms with Crippen molar-refractivity contribution >= 4 is 5.91 Å². The fourth-order valence-corrected chi connectivity index (χ4v) is 1.31. The second-order valence-corrected chi connectivity index (χ2v) is 4.99. The van der Waals surface area contributed by atoms with Crippen molar-refractivity contribution < 1.29 is 4.79 Å². The van der Waals surface area contributed by atoms with Gasteiger partial charge in [0.25, 0.3) is 0 Å². The third kappa shape index (κ3) is 9.69. The molecule has 0 aromatic rings. The van der Waals surface area contributed by atoms with Gasteiger partial charge in [-0.3, -0.25) is 9.69 Å². The Balaban J connectivity index is 3.67. The topological polar surface area (TPSA) is 44.4 Å². The van der Waals surface area contributed by atoms with Crippen molar-refractivity contribution in [3.8, 4) is 0 Å². The summed E-state index contributed by atoms with van der Waals surface area (Å²) in [6, 6.07) is 0. The second kappa shape index (κ2) is 6.80. The van der Waals surface area contributed by atoms with Crippen LogP contribution in [0.3, 0.4) is 0 Å². The van der Waals surface area contributed by atoms with E-state index in [2.05, 4.69) is 10.6 Å². The molecule has 0 bridgehead atoms. The minimum absolute atomic E-state index is 0.0921. The van der Waals surface area contributed by atoms with E-state index >= 15 is 0 Å². The number of nitrogens with one attached hydrogen (secondary N) is 2. The number of likely N-dealkylation sites (N-methyl/N-ethyl adjacent to an activating group) is 1. The maximum absolute atomic E-state index is 11.5. The zero-order valence-electron chi connectivity index (χ0n) is 10.7. The fraction of sp³-hybridized carbons (Fsp3) is 0.909. The van der Waals surface area contributed by atoms with Crippen LogP contribution in [-0.2, 0) is 4.79 Å². The van der Waals surface area contributed by atoms with Crippen LogP contribution in [0.4, 0.5) is 0 Å². The molecule has 0 aliphatic rings. The molecule has 0 heterocycles. The molecule has 0 aliphatic carbocycles.